The van der Waals surface area contributed by atoms with Crippen LogP contribution in [0, 0.1) is 0 Å². The number of piperidine rings is 1. The van der Waals surface area contributed by atoms with Crippen LogP contribution in [0.1, 0.15) is 50.6 Å². The summed E-state index contributed by atoms with van der Waals surface area (Å²) in [7, 11) is 1.75. The summed E-state index contributed by atoms with van der Waals surface area (Å²) in [5.41, 5.74) is 0.946. The van der Waals surface area contributed by atoms with Crippen molar-refractivity contribution in [2.24, 2.45) is 0 Å². The van der Waals surface area contributed by atoms with E-state index < -0.39 is 0 Å². The molecule has 1 aromatic rings. The number of likely N-dealkylation sites (tertiary alicyclic amines) is 1. The molecule has 3 rings (SSSR count). The zero-order chi connectivity index (χ0) is 17.7. The molecule has 0 radical (unpaired) electrons. The zero-order valence-corrected chi connectivity index (χ0v) is 15.4. The minimum absolute atomic E-state index is 0.0505. The zero-order valence-electron chi connectivity index (χ0n) is 15.4. The molecule has 1 fully saturated rings. The first kappa shape index (κ1) is 18.2. The lowest BCUT2D eigenvalue weighted by Gasteiger charge is -2.47. The molecule has 1 saturated heterocycles. The van der Waals surface area contributed by atoms with Gasteiger partial charge in [-0.05, 0) is 25.3 Å². The van der Waals surface area contributed by atoms with Crippen molar-refractivity contribution in [3.8, 4) is 5.75 Å². The maximum atomic E-state index is 12.2. The highest BCUT2D eigenvalue weighted by atomic mass is 16.5. The summed E-state index contributed by atoms with van der Waals surface area (Å²) in [5.74, 6) is 1.07. The number of hydrogen-bond acceptors (Lipinski definition) is 4. The van der Waals surface area contributed by atoms with Crippen molar-refractivity contribution in [2.45, 2.75) is 50.7 Å². The van der Waals surface area contributed by atoms with Crippen LogP contribution in [0.3, 0.4) is 0 Å². The van der Waals surface area contributed by atoms with Gasteiger partial charge in [0.05, 0.1) is 12.6 Å². The number of hydrogen-bond donors (Lipinski definition) is 1. The molecule has 2 aliphatic heterocycles. The van der Waals surface area contributed by atoms with Gasteiger partial charge in [-0.1, -0.05) is 25.1 Å². The quantitative estimate of drug-likeness (QED) is 0.860. The Morgan fingerprint density at radius 3 is 2.84 bits per heavy atom. The van der Waals surface area contributed by atoms with Crippen molar-refractivity contribution in [3.63, 3.8) is 0 Å². The maximum absolute atomic E-state index is 12.2. The number of carbonyl (C=O) groups is 1. The Morgan fingerprint density at radius 1 is 1.36 bits per heavy atom. The van der Waals surface area contributed by atoms with Crippen LogP contribution in [0.5, 0.6) is 5.75 Å². The molecule has 0 aromatic heterocycles. The Hall–Kier alpha value is -1.59. The second-order valence-electron chi connectivity index (χ2n) is 7.23. The Balaban J connectivity index is 1.72. The minimum Gasteiger partial charge on any atom is -0.487 e. The molecule has 2 heterocycles. The second-order valence-corrected chi connectivity index (χ2v) is 7.23. The minimum atomic E-state index is -0.165. The van der Waals surface area contributed by atoms with Gasteiger partial charge in [-0.15, -0.1) is 0 Å². The molecule has 25 heavy (non-hydrogen) atoms. The van der Waals surface area contributed by atoms with Crippen LogP contribution in [-0.4, -0.2) is 49.8 Å². The molecular weight excluding hydrogens is 316 g/mol. The molecule has 1 N–H and O–H groups in total. The SMILES string of the molecule is CCCC(=O)NC1CC2(CCN(CCOC)CC2)Oc2ccccc21. The number of carbonyl (C=O) groups excluding carboxylic acids is 1. The van der Waals surface area contributed by atoms with Crippen molar-refractivity contribution in [1.82, 2.24) is 10.2 Å². The molecule has 138 valence electrons. The van der Waals surface area contributed by atoms with Crippen molar-refractivity contribution < 1.29 is 14.3 Å². The van der Waals surface area contributed by atoms with Crippen molar-refractivity contribution in [3.05, 3.63) is 29.8 Å². The van der Waals surface area contributed by atoms with E-state index >= 15 is 0 Å². The smallest absolute Gasteiger partial charge is 0.220 e. The number of nitrogens with one attached hydrogen (secondary N) is 1. The molecule has 5 nitrogen and oxygen atoms in total. The molecule has 1 spiro atoms. The summed E-state index contributed by atoms with van der Waals surface area (Å²) in [4.78, 5) is 14.6. The Kier molecular flexibility index (Phi) is 5.97. The summed E-state index contributed by atoms with van der Waals surface area (Å²) in [6.07, 6.45) is 4.29. The lowest BCUT2D eigenvalue weighted by atomic mass is 9.80. The van der Waals surface area contributed by atoms with E-state index in [-0.39, 0.29) is 17.6 Å². The van der Waals surface area contributed by atoms with Gasteiger partial charge in [0, 0.05) is 45.1 Å². The van der Waals surface area contributed by atoms with E-state index in [1.165, 1.54) is 0 Å². The number of methoxy groups -OCH3 is 1. The predicted molar refractivity (Wildman–Crippen MR) is 97.8 cm³/mol. The molecule has 1 atom stereocenters. The van der Waals surface area contributed by atoms with Gasteiger partial charge < -0.3 is 19.7 Å². The Bertz CT molecular complexity index is 582. The number of amides is 1. The van der Waals surface area contributed by atoms with Gasteiger partial charge in [-0.2, -0.15) is 0 Å². The summed E-state index contributed by atoms with van der Waals surface area (Å²) in [6.45, 7) is 5.81. The number of fused-ring (bicyclic) bond motifs is 1. The van der Waals surface area contributed by atoms with Gasteiger partial charge >= 0.3 is 0 Å². The van der Waals surface area contributed by atoms with Crippen LogP contribution in [0.2, 0.25) is 0 Å². The van der Waals surface area contributed by atoms with E-state index in [4.69, 9.17) is 9.47 Å². The predicted octanol–water partition coefficient (Wildman–Crippen LogP) is 2.91. The number of benzene rings is 1. The van der Waals surface area contributed by atoms with Crippen LogP contribution in [0.25, 0.3) is 0 Å². The molecule has 1 unspecified atom stereocenters. The van der Waals surface area contributed by atoms with Crippen LogP contribution < -0.4 is 10.1 Å². The number of ether oxygens (including phenoxy) is 2. The fraction of sp³-hybridized carbons (Fsp3) is 0.650. The summed E-state index contributed by atoms with van der Waals surface area (Å²) < 4.78 is 11.7. The lowest BCUT2D eigenvalue weighted by molar-refractivity contribution is -0.122. The van der Waals surface area contributed by atoms with Gasteiger partial charge in [0.1, 0.15) is 11.4 Å². The fourth-order valence-electron chi connectivity index (χ4n) is 3.95. The van der Waals surface area contributed by atoms with Crippen molar-refractivity contribution in [1.29, 1.82) is 0 Å². The van der Waals surface area contributed by atoms with E-state index in [1.807, 2.05) is 25.1 Å². The number of nitrogens with zero attached hydrogens (tertiary/aromatic N) is 1. The first-order valence-corrected chi connectivity index (χ1v) is 9.44. The van der Waals surface area contributed by atoms with E-state index in [1.54, 1.807) is 7.11 Å². The summed E-state index contributed by atoms with van der Waals surface area (Å²) in [5, 5.41) is 3.24. The largest absolute Gasteiger partial charge is 0.487 e. The highest BCUT2D eigenvalue weighted by Crippen LogP contribution is 2.44. The molecule has 1 amide bonds. The van der Waals surface area contributed by atoms with Crippen molar-refractivity contribution in [2.75, 3.05) is 33.4 Å². The van der Waals surface area contributed by atoms with Crippen LogP contribution in [0.4, 0.5) is 0 Å². The monoisotopic (exact) mass is 346 g/mol. The third-order valence-corrected chi connectivity index (χ3v) is 5.39. The van der Waals surface area contributed by atoms with E-state index in [0.717, 1.165) is 63.2 Å². The molecule has 0 aliphatic carbocycles. The number of para-hydroxylation sites is 1. The van der Waals surface area contributed by atoms with Crippen molar-refractivity contribution >= 4 is 5.91 Å². The Morgan fingerprint density at radius 2 is 2.12 bits per heavy atom. The van der Waals surface area contributed by atoms with Crippen LogP contribution in [0.15, 0.2) is 24.3 Å². The van der Waals surface area contributed by atoms with Gasteiger partial charge in [-0.25, -0.2) is 0 Å². The van der Waals surface area contributed by atoms with Crippen LogP contribution in [-0.2, 0) is 9.53 Å². The topological polar surface area (TPSA) is 50.8 Å². The third kappa shape index (κ3) is 4.33. The maximum Gasteiger partial charge on any atom is 0.220 e. The van der Waals surface area contributed by atoms with E-state index in [2.05, 4.69) is 16.3 Å². The first-order valence-electron chi connectivity index (χ1n) is 9.44. The highest BCUT2D eigenvalue weighted by Gasteiger charge is 2.43. The van der Waals surface area contributed by atoms with Crippen LogP contribution >= 0.6 is 0 Å². The van der Waals surface area contributed by atoms with Gasteiger partial charge in [-0.3, -0.25) is 4.79 Å². The lowest BCUT2D eigenvalue weighted by Crippen LogP contribution is -2.52. The molecule has 5 heteroatoms. The summed E-state index contributed by atoms with van der Waals surface area (Å²) in [6, 6.07) is 8.19. The average molecular weight is 346 g/mol. The average Bonchev–Trinajstić information content (AvgIpc) is 2.61. The molecule has 0 saturated carbocycles. The highest BCUT2D eigenvalue weighted by molar-refractivity contribution is 5.76. The Labute approximate surface area is 150 Å². The third-order valence-electron chi connectivity index (χ3n) is 5.39. The standard InChI is InChI=1S/C20H30N2O3/c1-3-6-19(23)21-17-15-20(25-18-8-5-4-7-16(17)18)9-11-22(12-10-20)13-14-24-2/h4-5,7-8,17H,3,6,9-15H2,1-2H3,(H,21,23). The molecule has 2 aliphatic rings. The van der Waals surface area contributed by atoms with Gasteiger partial charge in [0.25, 0.3) is 0 Å². The van der Waals surface area contributed by atoms with E-state index in [9.17, 15) is 4.79 Å². The summed E-state index contributed by atoms with van der Waals surface area (Å²) >= 11 is 0. The van der Waals surface area contributed by atoms with Gasteiger partial charge in [0.15, 0.2) is 0 Å². The van der Waals surface area contributed by atoms with Gasteiger partial charge in [0.2, 0.25) is 5.91 Å². The molecular formula is C20H30N2O3. The fourth-order valence-corrected chi connectivity index (χ4v) is 3.95. The second kappa shape index (κ2) is 8.19. The molecule has 0 bridgehead atoms. The van der Waals surface area contributed by atoms with E-state index in [0.29, 0.717) is 6.42 Å². The molecule has 1 aromatic carbocycles. The normalized spacial score (nSPS) is 22.2. The first-order chi connectivity index (χ1) is 12.2. The number of rotatable bonds is 6.